The van der Waals surface area contributed by atoms with E-state index >= 15 is 0 Å². The van der Waals surface area contributed by atoms with Crippen LogP contribution >= 0.6 is 0 Å². The van der Waals surface area contributed by atoms with Gasteiger partial charge in [-0.1, -0.05) is 42.5 Å². The molecule has 0 spiro atoms. The van der Waals surface area contributed by atoms with E-state index < -0.39 is 10.0 Å². The van der Waals surface area contributed by atoms with Gasteiger partial charge in [0.15, 0.2) is 5.78 Å². The van der Waals surface area contributed by atoms with Crippen molar-refractivity contribution in [3.05, 3.63) is 65.7 Å². The second-order valence-electron chi connectivity index (χ2n) is 6.80. The van der Waals surface area contributed by atoms with Crippen molar-refractivity contribution in [3.8, 4) is 0 Å². The Morgan fingerprint density at radius 2 is 1.69 bits per heavy atom. The van der Waals surface area contributed by atoms with Crippen molar-refractivity contribution in [2.75, 3.05) is 19.7 Å². The van der Waals surface area contributed by atoms with Gasteiger partial charge in [0.25, 0.3) is 0 Å². The summed E-state index contributed by atoms with van der Waals surface area (Å²) in [5.41, 5.74) is 1.56. The van der Waals surface area contributed by atoms with E-state index in [1.54, 1.807) is 12.1 Å². The Kier molecular flexibility index (Phi) is 4.65. The van der Waals surface area contributed by atoms with Crippen LogP contribution in [0.4, 0.5) is 0 Å². The zero-order valence-corrected chi connectivity index (χ0v) is 15.2. The van der Waals surface area contributed by atoms with Crippen LogP contribution in [0.15, 0.2) is 59.5 Å². The molecule has 1 heterocycles. The molecule has 5 nitrogen and oxygen atoms in total. The normalized spacial score (nSPS) is 21.5. The highest BCUT2D eigenvalue weighted by atomic mass is 32.2. The fraction of sp³-hybridized carbons (Fsp3) is 0.350. The fourth-order valence-electron chi connectivity index (χ4n) is 3.23. The van der Waals surface area contributed by atoms with Gasteiger partial charge >= 0.3 is 0 Å². The van der Waals surface area contributed by atoms with Crippen molar-refractivity contribution in [1.82, 2.24) is 4.31 Å². The number of rotatable bonds is 5. The van der Waals surface area contributed by atoms with E-state index in [1.165, 1.54) is 16.4 Å². The molecule has 0 N–H and O–H groups in total. The van der Waals surface area contributed by atoms with Crippen molar-refractivity contribution >= 4 is 15.8 Å². The molecule has 2 aromatic carbocycles. The summed E-state index contributed by atoms with van der Waals surface area (Å²) in [5, 5.41) is 0. The first kappa shape index (κ1) is 17.4. The fourth-order valence-corrected chi connectivity index (χ4v) is 4.66. The van der Waals surface area contributed by atoms with Gasteiger partial charge in [-0.05, 0) is 30.5 Å². The summed E-state index contributed by atoms with van der Waals surface area (Å²) < 4.78 is 33.2. The first-order chi connectivity index (χ1) is 12.6. The van der Waals surface area contributed by atoms with E-state index in [9.17, 15) is 13.2 Å². The van der Waals surface area contributed by atoms with Gasteiger partial charge < -0.3 is 4.74 Å². The van der Waals surface area contributed by atoms with Gasteiger partial charge in [-0.3, -0.25) is 4.79 Å². The van der Waals surface area contributed by atoms with Crippen molar-refractivity contribution in [2.45, 2.75) is 23.8 Å². The molecule has 0 amide bonds. The maximum Gasteiger partial charge on any atom is 0.243 e. The Balaban J connectivity index is 1.53. The number of carbonyl (C=O) groups is 1. The van der Waals surface area contributed by atoms with Crippen LogP contribution in [0.1, 0.15) is 34.9 Å². The summed E-state index contributed by atoms with van der Waals surface area (Å²) in [6, 6.07) is 16.0. The maximum atomic E-state index is 13.0. The van der Waals surface area contributed by atoms with Crippen LogP contribution in [0.3, 0.4) is 0 Å². The Morgan fingerprint density at radius 3 is 2.35 bits per heavy atom. The topological polar surface area (TPSA) is 63.7 Å². The number of nitrogens with zero attached hydrogens (tertiary/aromatic N) is 1. The number of carbonyl (C=O) groups excluding carboxylic acids is 1. The van der Waals surface area contributed by atoms with Gasteiger partial charge in [0.2, 0.25) is 10.0 Å². The highest BCUT2D eigenvalue weighted by Crippen LogP contribution is 2.33. The minimum atomic E-state index is -3.61. The molecule has 0 radical (unpaired) electrons. The lowest BCUT2D eigenvalue weighted by Crippen LogP contribution is -2.42. The van der Waals surface area contributed by atoms with Crippen LogP contribution in [-0.2, 0) is 14.8 Å². The largest absolute Gasteiger partial charge is 0.371 e. The van der Waals surface area contributed by atoms with Crippen LogP contribution in [0.2, 0.25) is 0 Å². The molecule has 0 aromatic heterocycles. The third kappa shape index (κ3) is 3.45. The second kappa shape index (κ2) is 6.95. The molecule has 1 atom stereocenters. The highest BCUT2D eigenvalue weighted by Gasteiger charge is 2.33. The molecule has 4 rings (SSSR count). The number of hydrogen-bond donors (Lipinski definition) is 0. The van der Waals surface area contributed by atoms with E-state index in [-0.39, 0.29) is 29.2 Å². The number of ether oxygens (including phenoxy) is 1. The summed E-state index contributed by atoms with van der Waals surface area (Å²) in [6.07, 6.45) is 1.61. The summed E-state index contributed by atoms with van der Waals surface area (Å²) in [7, 11) is -3.61. The summed E-state index contributed by atoms with van der Waals surface area (Å²) in [6.45, 7) is 0.973. The third-order valence-electron chi connectivity index (χ3n) is 4.93. The second-order valence-corrected chi connectivity index (χ2v) is 8.73. The van der Waals surface area contributed by atoms with E-state index in [0.29, 0.717) is 18.7 Å². The Hall–Kier alpha value is -2.02. The van der Waals surface area contributed by atoms with Crippen LogP contribution in [0.5, 0.6) is 0 Å². The lowest BCUT2D eigenvalue weighted by molar-refractivity contribution is -0.00255. The zero-order valence-electron chi connectivity index (χ0n) is 14.4. The quantitative estimate of drug-likeness (QED) is 0.758. The first-order valence-corrected chi connectivity index (χ1v) is 10.3. The molecule has 1 saturated carbocycles. The molecule has 2 fully saturated rings. The van der Waals surface area contributed by atoms with Gasteiger partial charge in [0.1, 0.15) is 0 Å². The highest BCUT2D eigenvalue weighted by molar-refractivity contribution is 7.89. The Labute approximate surface area is 153 Å². The van der Waals surface area contributed by atoms with Gasteiger partial charge in [-0.2, -0.15) is 4.31 Å². The van der Waals surface area contributed by atoms with Gasteiger partial charge in [0.05, 0.1) is 17.6 Å². The molecule has 2 aromatic rings. The van der Waals surface area contributed by atoms with Crippen LogP contribution in [-0.4, -0.2) is 38.2 Å². The predicted molar refractivity (Wildman–Crippen MR) is 97.4 cm³/mol. The third-order valence-corrected chi connectivity index (χ3v) is 6.80. The number of hydrogen-bond acceptors (Lipinski definition) is 4. The number of benzene rings is 2. The van der Waals surface area contributed by atoms with E-state index in [2.05, 4.69) is 0 Å². The number of ketones is 1. The SMILES string of the molecule is O=C(c1ccc(S(=O)(=O)N2CCOC(c3ccccc3)C2)cc1)C1CC1. The van der Waals surface area contributed by atoms with Crippen molar-refractivity contribution in [2.24, 2.45) is 5.92 Å². The zero-order chi connectivity index (χ0) is 18.1. The molecule has 1 aliphatic heterocycles. The minimum Gasteiger partial charge on any atom is -0.371 e. The summed E-state index contributed by atoms with van der Waals surface area (Å²) in [4.78, 5) is 12.3. The summed E-state index contributed by atoms with van der Waals surface area (Å²) in [5.74, 6) is 0.243. The molecule has 6 heteroatoms. The molecular formula is C20H21NO4S. The molecule has 1 saturated heterocycles. The van der Waals surface area contributed by atoms with E-state index in [4.69, 9.17) is 4.74 Å². The molecule has 2 aliphatic rings. The van der Waals surface area contributed by atoms with Crippen LogP contribution in [0.25, 0.3) is 0 Å². The number of sulfonamides is 1. The van der Waals surface area contributed by atoms with Crippen molar-refractivity contribution in [3.63, 3.8) is 0 Å². The predicted octanol–water partition coefficient (Wildman–Crippen LogP) is 3.04. The monoisotopic (exact) mass is 371 g/mol. The van der Waals surface area contributed by atoms with E-state index in [1.807, 2.05) is 30.3 Å². The molecule has 136 valence electrons. The van der Waals surface area contributed by atoms with Crippen molar-refractivity contribution < 1.29 is 17.9 Å². The average molecular weight is 371 g/mol. The van der Waals surface area contributed by atoms with Gasteiger partial charge in [0, 0.05) is 24.6 Å². The van der Waals surface area contributed by atoms with Crippen molar-refractivity contribution in [1.29, 1.82) is 0 Å². The molecule has 0 bridgehead atoms. The van der Waals surface area contributed by atoms with Gasteiger partial charge in [-0.25, -0.2) is 8.42 Å². The molecule has 1 aliphatic carbocycles. The van der Waals surface area contributed by atoms with Gasteiger partial charge in [-0.15, -0.1) is 0 Å². The summed E-state index contributed by atoms with van der Waals surface area (Å²) >= 11 is 0. The lowest BCUT2D eigenvalue weighted by Gasteiger charge is -2.32. The smallest absolute Gasteiger partial charge is 0.243 e. The minimum absolute atomic E-state index is 0.115. The molecular weight excluding hydrogens is 350 g/mol. The standard InChI is InChI=1S/C20H21NO4S/c22-20(16-6-7-16)17-8-10-18(11-9-17)26(23,24)21-12-13-25-19(14-21)15-4-2-1-3-5-15/h1-5,8-11,16,19H,6-7,12-14H2. The number of Topliss-reactive ketones (excluding diaryl/α,β-unsaturated/α-hetero) is 1. The molecule has 1 unspecified atom stereocenters. The Bertz CT molecular complexity index is 889. The maximum absolute atomic E-state index is 13.0. The number of morpholine rings is 1. The Morgan fingerprint density at radius 1 is 1.00 bits per heavy atom. The van der Waals surface area contributed by atoms with Crippen LogP contribution < -0.4 is 0 Å². The van der Waals surface area contributed by atoms with E-state index in [0.717, 1.165) is 18.4 Å². The van der Waals surface area contributed by atoms with Crippen LogP contribution in [0, 0.1) is 5.92 Å². The lowest BCUT2D eigenvalue weighted by atomic mass is 10.1. The molecule has 26 heavy (non-hydrogen) atoms. The first-order valence-electron chi connectivity index (χ1n) is 8.87. The average Bonchev–Trinajstić information content (AvgIpc) is 3.54.